The fraction of sp³-hybridized carbons (Fsp3) is 0.464. The summed E-state index contributed by atoms with van der Waals surface area (Å²) in [5, 5.41) is 12.7. The molecule has 7 heteroatoms. The smallest absolute Gasteiger partial charge is 0.245 e. The zero-order chi connectivity index (χ0) is 24.4. The van der Waals surface area contributed by atoms with Crippen molar-refractivity contribution in [2.75, 3.05) is 19.7 Å². The fourth-order valence-corrected chi connectivity index (χ4v) is 6.64. The second-order valence-electron chi connectivity index (χ2n) is 9.91. The molecule has 2 aromatic carbocycles. The second kappa shape index (κ2) is 9.82. The Morgan fingerprint density at radius 3 is 2.31 bits per heavy atom. The number of benzene rings is 2. The summed E-state index contributed by atoms with van der Waals surface area (Å²) >= 11 is 0. The standard InChI is InChI=1S/C28H33N3O4/c32-18-17-30-25(26(34)29-16-14-21-9-5-2-6-10-21)28-15-13-22(19-23(28)27(30)35)31(28)24(33)12-11-20-7-3-1-4-8-20/h1-10,22-23,25,32H,11-19H2,(H,29,34)/t22?,23-,25?,28?/m1/s1. The van der Waals surface area contributed by atoms with Gasteiger partial charge in [-0.25, -0.2) is 0 Å². The number of hydrogen-bond donors (Lipinski definition) is 2. The Hall–Kier alpha value is -3.19. The minimum atomic E-state index is -0.818. The van der Waals surface area contributed by atoms with E-state index >= 15 is 0 Å². The molecule has 0 aliphatic carbocycles. The number of rotatable bonds is 9. The van der Waals surface area contributed by atoms with E-state index in [1.807, 2.05) is 65.6 Å². The summed E-state index contributed by atoms with van der Waals surface area (Å²) in [6.07, 6.45) is 3.72. The van der Waals surface area contributed by atoms with Crippen LogP contribution < -0.4 is 5.32 Å². The fourth-order valence-electron chi connectivity index (χ4n) is 6.64. The van der Waals surface area contributed by atoms with Crippen molar-refractivity contribution in [1.29, 1.82) is 0 Å². The molecule has 3 heterocycles. The zero-order valence-corrected chi connectivity index (χ0v) is 19.9. The van der Waals surface area contributed by atoms with E-state index in [1.54, 1.807) is 0 Å². The molecule has 2 aromatic rings. The zero-order valence-electron chi connectivity index (χ0n) is 19.9. The highest BCUT2D eigenvalue weighted by molar-refractivity contribution is 5.98. The van der Waals surface area contributed by atoms with Gasteiger partial charge in [-0.15, -0.1) is 0 Å². The number of hydrogen-bond acceptors (Lipinski definition) is 4. The van der Waals surface area contributed by atoms with Gasteiger partial charge in [0.05, 0.1) is 18.1 Å². The predicted molar refractivity (Wildman–Crippen MR) is 131 cm³/mol. The third kappa shape index (κ3) is 4.12. The lowest BCUT2D eigenvalue weighted by molar-refractivity contribution is -0.142. The number of aliphatic hydroxyl groups is 1. The van der Waals surface area contributed by atoms with Crippen LogP contribution in [0.1, 0.15) is 36.8 Å². The number of amides is 3. The van der Waals surface area contributed by atoms with Gasteiger partial charge in [-0.3, -0.25) is 14.4 Å². The first kappa shape index (κ1) is 23.5. The van der Waals surface area contributed by atoms with E-state index in [0.29, 0.717) is 38.6 Å². The monoisotopic (exact) mass is 475 g/mol. The van der Waals surface area contributed by atoms with Crippen molar-refractivity contribution in [2.24, 2.45) is 5.92 Å². The van der Waals surface area contributed by atoms with Crippen LogP contribution in [0, 0.1) is 5.92 Å². The van der Waals surface area contributed by atoms with Crippen LogP contribution in [-0.4, -0.2) is 69.9 Å². The van der Waals surface area contributed by atoms with E-state index < -0.39 is 11.6 Å². The minimum absolute atomic E-state index is 0.00289. The van der Waals surface area contributed by atoms with E-state index in [1.165, 1.54) is 4.90 Å². The summed E-state index contributed by atoms with van der Waals surface area (Å²) in [6, 6.07) is 19.1. The Morgan fingerprint density at radius 1 is 1.00 bits per heavy atom. The van der Waals surface area contributed by atoms with Crippen LogP contribution in [0.5, 0.6) is 0 Å². The highest BCUT2D eigenvalue weighted by Crippen LogP contribution is 2.57. The summed E-state index contributed by atoms with van der Waals surface area (Å²) < 4.78 is 0. The van der Waals surface area contributed by atoms with Gasteiger partial charge < -0.3 is 20.2 Å². The Morgan fingerprint density at radius 2 is 1.66 bits per heavy atom. The third-order valence-electron chi connectivity index (χ3n) is 8.05. The topological polar surface area (TPSA) is 90.0 Å². The van der Waals surface area contributed by atoms with Crippen LogP contribution in [0.4, 0.5) is 0 Å². The van der Waals surface area contributed by atoms with Crippen molar-refractivity contribution in [3.05, 3.63) is 71.8 Å². The first-order valence-electron chi connectivity index (χ1n) is 12.7. The first-order valence-corrected chi connectivity index (χ1v) is 12.7. The van der Waals surface area contributed by atoms with Crippen molar-refractivity contribution < 1.29 is 19.5 Å². The molecule has 0 saturated carbocycles. The molecule has 1 spiro atoms. The maximum absolute atomic E-state index is 13.6. The molecule has 3 fully saturated rings. The van der Waals surface area contributed by atoms with Crippen LogP contribution in [0.25, 0.3) is 0 Å². The quantitative estimate of drug-likeness (QED) is 0.580. The van der Waals surface area contributed by atoms with Crippen molar-refractivity contribution in [1.82, 2.24) is 15.1 Å². The normalized spacial score (nSPS) is 26.8. The van der Waals surface area contributed by atoms with Crippen molar-refractivity contribution in [2.45, 2.75) is 56.1 Å². The van der Waals surface area contributed by atoms with Gasteiger partial charge in [0, 0.05) is 25.6 Å². The summed E-state index contributed by atoms with van der Waals surface area (Å²) in [5.74, 6) is -0.697. The van der Waals surface area contributed by atoms with Gasteiger partial charge in [0.15, 0.2) is 0 Å². The number of carbonyl (C=O) groups excluding carboxylic acids is 3. The average Bonchev–Trinajstić information content (AvgIpc) is 3.49. The van der Waals surface area contributed by atoms with E-state index in [-0.39, 0.29) is 42.8 Å². The van der Waals surface area contributed by atoms with Gasteiger partial charge in [0.1, 0.15) is 6.04 Å². The van der Waals surface area contributed by atoms with Gasteiger partial charge in [-0.05, 0) is 43.2 Å². The molecular formula is C28H33N3O4. The van der Waals surface area contributed by atoms with Gasteiger partial charge in [-0.1, -0.05) is 60.7 Å². The van der Waals surface area contributed by atoms with Crippen molar-refractivity contribution >= 4 is 17.7 Å². The highest BCUT2D eigenvalue weighted by atomic mass is 16.3. The van der Waals surface area contributed by atoms with E-state index in [9.17, 15) is 19.5 Å². The van der Waals surface area contributed by atoms with Gasteiger partial charge in [-0.2, -0.15) is 0 Å². The van der Waals surface area contributed by atoms with Crippen molar-refractivity contribution in [3.63, 3.8) is 0 Å². The summed E-state index contributed by atoms with van der Waals surface area (Å²) in [5.41, 5.74) is 1.40. The predicted octanol–water partition coefficient (Wildman–Crippen LogP) is 1.93. The number of nitrogens with zero attached hydrogens (tertiary/aromatic N) is 2. The van der Waals surface area contributed by atoms with Crippen LogP contribution in [0.3, 0.4) is 0 Å². The molecule has 0 radical (unpaired) electrons. The number of aliphatic hydroxyl groups excluding tert-OH is 1. The maximum atomic E-state index is 13.6. The molecule has 2 bridgehead atoms. The van der Waals surface area contributed by atoms with Gasteiger partial charge >= 0.3 is 0 Å². The summed E-state index contributed by atoms with van der Waals surface area (Å²) in [6.45, 7) is 0.338. The molecule has 5 rings (SSSR count). The minimum Gasteiger partial charge on any atom is -0.395 e. The molecule has 3 saturated heterocycles. The Balaban J connectivity index is 1.36. The Kier molecular flexibility index (Phi) is 6.60. The third-order valence-corrected chi connectivity index (χ3v) is 8.05. The largest absolute Gasteiger partial charge is 0.395 e. The highest BCUT2D eigenvalue weighted by Gasteiger charge is 2.72. The van der Waals surface area contributed by atoms with Crippen LogP contribution >= 0.6 is 0 Å². The number of nitrogens with one attached hydrogen (secondary N) is 1. The molecule has 7 nitrogen and oxygen atoms in total. The number of β-amino-alcohol motifs (C(OH)–C–C–N with tert-alkyl or cyclic N) is 1. The lowest BCUT2D eigenvalue weighted by Crippen LogP contribution is -2.61. The summed E-state index contributed by atoms with van der Waals surface area (Å²) in [7, 11) is 0. The molecule has 2 N–H and O–H groups in total. The lowest BCUT2D eigenvalue weighted by atomic mass is 9.75. The molecule has 3 amide bonds. The molecule has 0 aromatic heterocycles. The molecular weight excluding hydrogens is 442 g/mol. The van der Waals surface area contributed by atoms with Gasteiger partial charge in [0.2, 0.25) is 17.7 Å². The maximum Gasteiger partial charge on any atom is 0.245 e. The molecule has 35 heavy (non-hydrogen) atoms. The molecule has 3 unspecified atom stereocenters. The van der Waals surface area contributed by atoms with Crippen molar-refractivity contribution in [3.8, 4) is 0 Å². The summed E-state index contributed by atoms with van der Waals surface area (Å²) in [4.78, 5) is 44.0. The molecule has 3 aliphatic rings. The Bertz CT molecular complexity index is 1080. The average molecular weight is 476 g/mol. The first-order chi connectivity index (χ1) is 17.1. The van der Waals surface area contributed by atoms with Gasteiger partial charge in [0.25, 0.3) is 0 Å². The molecule has 3 aliphatic heterocycles. The molecule has 4 atom stereocenters. The Labute approximate surface area is 206 Å². The van der Waals surface area contributed by atoms with E-state index in [2.05, 4.69) is 5.32 Å². The van der Waals surface area contributed by atoms with E-state index in [4.69, 9.17) is 0 Å². The van der Waals surface area contributed by atoms with E-state index in [0.717, 1.165) is 17.5 Å². The van der Waals surface area contributed by atoms with Crippen LogP contribution in [-0.2, 0) is 27.2 Å². The SMILES string of the molecule is O=C(NCCc1ccccc1)C1N(CCO)C(=O)[C@H]2CC3CCC12N3C(=O)CCc1ccccc1. The van der Waals surface area contributed by atoms with Crippen LogP contribution in [0.2, 0.25) is 0 Å². The van der Waals surface area contributed by atoms with Crippen LogP contribution in [0.15, 0.2) is 60.7 Å². The molecule has 184 valence electrons. The number of carbonyl (C=O) groups is 3. The second-order valence-corrected chi connectivity index (χ2v) is 9.91. The number of likely N-dealkylation sites (tertiary alicyclic amines) is 1. The number of aryl methyl sites for hydroxylation is 1. The lowest BCUT2D eigenvalue weighted by Gasteiger charge is -2.40. The number of fused-ring (bicyclic) bond motifs is 1.